The zero-order chi connectivity index (χ0) is 13.0. The fourth-order valence-corrected chi connectivity index (χ4v) is 1.96. The van der Waals surface area contributed by atoms with Crippen LogP contribution < -0.4 is 10.5 Å². The molecule has 2 N–H and O–H groups in total. The second-order valence-corrected chi connectivity index (χ2v) is 4.21. The first-order valence-corrected chi connectivity index (χ1v) is 5.99. The number of ether oxygens (including phenoxy) is 2. The molecule has 5 nitrogen and oxygen atoms in total. The minimum Gasteiger partial charge on any atom is -0.497 e. The molecule has 1 aliphatic heterocycles. The molecule has 1 fully saturated rings. The summed E-state index contributed by atoms with van der Waals surface area (Å²) in [6.07, 6.45) is -0.0547. The summed E-state index contributed by atoms with van der Waals surface area (Å²) in [6.45, 7) is 2.15. The van der Waals surface area contributed by atoms with E-state index < -0.39 is 0 Å². The Bertz CT molecular complexity index is 405. The van der Waals surface area contributed by atoms with Crippen molar-refractivity contribution in [1.82, 2.24) is 4.90 Å². The maximum absolute atomic E-state index is 12.2. The van der Waals surface area contributed by atoms with Crippen molar-refractivity contribution in [3.05, 3.63) is 29.8 Å². The molecule has 0 bridgehead atoms. The van der Waals surface area contributed by atoms with Gasteiger partial charge in [0.05, 0.1) is 19.8 Å². The van der Waals surface area contributed by atoms with E-state index in [0.717, 1.165) is 5.75 Å². The van der Waals surface area contributed by atoms with Gasteiger partial charge in [0.2, 0.25) is 0 Å². The molecule has 0 aromatic heterocycles. The quantitative estimate of drug-likeness (QED) is 0.848. The maximum atomic E-state index is 12.2. The number of morpholine rings is 1. The van der Waals surface area contributed by atoms with E-state index in [0.29, 0.717) is 31.8 Å². The molecular formula is C13H18N2O3. The van der Waals surface area contributed by atoms with Crippen molar-refractivity contribution < 1.29 is 14.3 Å². The summed E-state index contributed by atoms with van der Waals surface area (Å²) in [4.78, 5) is 14.0. The van der Waals surface area contributed by atoms with Gasteiger partial charge < -0.3 is 20.1 Å². The SMILES string of the molecule is COc1ccc(C(=O)N2CCO[C@H](CN)C2)cc1. The van der Waals surface area contributed by atoms with Gasteiger partial charge in [-0.1, -0.05) is 0 Å². The van der Waals surface area contributed by atoms with E-state index in [4.69, 9.17) is 15.2 Å². The average molecular weight is 250 g/mol. The van der Waals surface area contributed by atoms with Gasteiger partial charge in [-0.2, -0.15) is 0 Å². The third-order valence-corrected chi connectivity index (χ3v) is 3.03. The number of rotatable bonds is 3. The highest BCUT2D eigenvalue weighted by atomic mass is 16.5. The van der Waals surface area contributed by atoms with Gasteiger partial charge in [-0.3, -0.25) is 4.79 Å². The van der Waals surface area contributed by atoms with E-state index in [-0.39, 0.29) is 12.0 Å². The van der Waals surface area contributed by atoms with E-state index in [1.54, 1.807) is 36.3 Å². The zero-order valence-corrected chi connectivity index (χ0v) is 10.5. The number of amides is 1. The molecule has 0 radical (unpaired) electrons. The highest BCUT2D eigenvalue weighted by molar-refractivity contribution is 5.94. The van der Waals surface area contributed by atoms with Crippen molar-refractivity contribution in [2.75, 3.05) is 33.4 Å². The molecule has 18 heavy (non-hydrogen) atoms. The molecule has 98 valence electrons. The molecule has 0 saturated carbocycles. The Balaban J connectivity index is 2.05. The Morgan fingerprint density at radius 1 is 1.50 bits per heavy atom. The molecule has 1 amide bonds. The second kappa shape index (κ2) is 5.84. The van der Waals surface area contributed by atoms with Crippen LogP contribution >= 0.6 is 0 Å². The standard InChI is InChI=1S/C13H18N2O3/c1-17-11-4-2-10(3-5-11)13(16)15-6-7-18-12(8-14)9-15/h2-5,12H,6-9,14H2,1H3/t12-/m1/s1. The van der Waals surface area contributed by atoms with Gasteiger partial charge in [0.25, 0.3) is 5.91 Å². The first kappa shape index (κ1) is 12.9. The molecule has 1 aromatic carbocycles. The fourth-order valence-electron chi connectivity index (χ4n) is 1.96. The largest absolute Gasteiger partial charge is 0.497 e. The molecule has 2 rings (SSSR count). The van der Waals surface area contributed by atoms with Crippen molar-refractivity contribution in [2.45, 2.75) is 6.10 Å². The average Bonchev–Trinajstić information content (AvgIpc) is 2.46. The number of benzene rings is 1. The Labute approximate surface area is 106 Å². The molecule has 1 aromatic rings. The monoisotopic (exact) mass is 250 g/mol. The summed E-state index contributed by atoms with van der Waals surface area (Å²) in [5, 5.41) is 0. The van der Waals surface area contributed by atoms with Crippen molar-refractivity contribution >= 4 is 5.91 Å². The van der Waals surface area contributed by atoms with Crippen molar-refractivity contribution in [1.29, 1.82) is 0 Å². The van der Waals surface area contributed by atoms with Gasteiger partial charge in [0.15, 0.2) is 0 Å². The lowest BCUT2D eigenvalue weighted by Gasteiger charge is -2.32. The fraction of sp³-hybridized carbons (Fsp3) is 0.462. The van der Waals surface area contributed by atoms with Crippen molar-refractivity contribution in [3.63, 3.8) is 0 Å². The Hall–Kier alpha value is -1.59. The van der Waals surface area contributed by atoms with E-state index in [9.17, 15) is 4.79 Å². The van der Waals surface area contributed by atoms with Gasteiger partial charge >= 0.3 is 0 Å². The van der Waals surface area contributed by atoms with E-state index in [1.165, 1.54) is 0 Å². The molecular weight excluding hydrogens is 232 g/mol. The van der Waals surface area contributed by atoms with Crippen LogP contribution in [-0.2, 0) is 4.74 Å². The van der Waals surface area contributed by atoms with E-state index in [2.05, 4.69) is 0 Å². The minimum absolute atomic E-state index is 0.0133. The third-order valence-electron chi connectivity index (χ3n) is 3.03. The van der Waals surface area contributed by atoms with Gasteiger partial charge in [-0.15, -0.1) is 0 Å². The number of carbonyl (C=O) groups is 1. The summed E-state index contributed by atoms with van der Waals surface area (Å²) in [6, 6.07) is 7.12. The Morgan fingerprint density at radius 3 is 2.83 bits per heavy atom. The second-order valence-electron chi connectivity index (χ2n) is 4.21. The summed E-state index contributed by atoms with van der Waals surface area (Å²) in [5.74, 6) is 0.757. The van der Waals surface area contributed by atoms with Gasteiger partial charge in [-0.05, 0) is 24.3 Å². The molecule has 1 atom stereocenters. The lowest BCUT2D eigenvalue weighted by Crippen LogP contribution is -2.48. The summed E-state index contributed by atoms with van der Waals surface area (Å²) < 4.78 is 10.5. The van der Waals surface area contributed by atoms with Crippen molar-refractivity contribution in [3.8, 4) is 5.75 Å². The highest BCUT2D eigenvalue weighted by Crippen LogP contribution is 2.14. The van der Waals surface area contributed by atoms with Crippen LogP contribution in [0.1, 0.15) is 10.4 Å². The van der Waals surface area contributed by atoms with Gasteiger partial charge in [-0.25, -0.2) is 0 Å². The molecule has 0 aliphatic carbocycles. The number of methoxy groups -OCH3 is 1. The van der Waals surface area contributed by atoms with Gasteiger partial charge in [0, 0.05) is 25.2 Å². The van der Waals surface area contributed by atoms with Gasteiger partial charge in [0.1, 0.15) is 5.75 Å². The predicted molar refractivity (Wildman–Crippen MR) is 67.7 cm³/mol. The Kier molecular flexibility index (Phi) is 4.17. The van der Waals surface area contributed by atoms with E-state index in [1.807, 2.05) is 0 Å². The van der Waals surface area contributed by atoms with Crippen LogP contribution in [0, 0.1) is 0 Å². The van der Waals surface area contributed by atoms with Crippen LogP contribution in [0.5, 0.6) is 5.75 Å². The summed E-state index contributed by atoms with van der Waals surface area (Å²) in [7, 11) is 1.60. The van der Waals surface area contributed by atoms with Crippen molar-refractivity contribution in [2.24, 2.45) is 5.73 Å². The topological polar surface area (TPSA) is 64.8 Å². The van der Waals surface area contributed by atoms with Crippen LogP contribution in [0.25, 0.3) is 0 Å². The molecule has 0 spiro atoms. The van der Waals surface area contributed by atoms with Crippen LogP contribution in [0.15, 0.2) is 24.3 Å². The highest BCUT2D eigenvalue weighted by Gasteiger charge is 2.23. The Morgan fingerprint density at radius 2 is 2.22 bits per heavy atom. The van der Waals surface area contributed by atoms with Crippen LogP contribution in [0.4, 0.5) is 0 Å². The number of hydrogen-bond acceptors (Lipinski definition) is 4. The molecule has 1 saturated heterocycles. The van der Waals surface area contributed by atoms with Crippen LogP contribution in [0.2, 0.25) is 0 Å². The molecule has 1 heterocycles. The number of nitrogens with two attached hydrogens (primary N) is 1. The minimum atomic E-state index is -0.0547. The first-order valence-electron chi connectivity index (χ1n) is 5.99. The maximum Gasteiger partial charge on any atom is 0.254 e. The van der Waals surface area contributed by atoms with Crippen LogP contribution in [0.3, 0.4) is 0 Å². The smallest absolute Gasteiger partial charge is 0.254 e. The first-order chi connectivity index (χ1) is 8.74. The lowest BCUT2D eigenvalue weighted by molar-refractivity contribution is -0.0167. The zero-order valence-electron chi connectivity index (χ0n) is 10.5. The predicted octanol–water partition coefficient (Wildman–Crippen LogP) is 0.495. The normalized spacial score (nSPS) is 19.7. The third kappa shape index (κ3) is 2.80. The van der Waals surface area contributed by atoms with E-state index >= 15 is 0 Å². The number of nitrogens with zero attached hydrogens (tertiary/aromatic N) is 1. The molecule has 0 unspecified atom stereocenters. The number of carbonyl (C=O) groups excluding carboxylic acids is 1. The lowest BCUT2D eigenvalue weighted by atomic mass is 10.1. The molecule has 1 aliphatic rings. The number of hydrogen-bond donors (Lipinski definition) is 1. The van der Waals surface area contributed by atoms with Crippen LogP contribution in [-0.4, -0.2) is 50.3 Å². The summed E-state index contributed by atoms with van der Waals surface area (Å²) in [5.41, 5.74) is 6.22. The summed E-state index contributed by atoms with van der Waals surface area (Å²) >= 11 is 0. The molecule has 5 heteroatoms.